The molecule has 3 rings (SSSR count). The Labute approximate surface area is 146 Å². The number of rotatable bonds is 4. The molecule has 0 spiro atoms. The molecule has 4 nitrogen and oxygen atoms in total. The lowest BCUT2D eigenvalue weighted by atomic mass is 9.97. The summed E-state index contributed by atoms with van der Waals surface area (Å²) in [5.74, 6) is 0. The largest absolute Gasteiger partial charge is 0.392 e. The lowest BCUT2D eigenvalue weighted by molar-refractivity contribution is 0.0909. The first kappa shape index (κ1) is 17.8. The van der Waals surface area contributed by atoms with Crippen molar-refractivity contribution in [2.24, 2.45) is 0 Å². The summed E-state index contributed by atoms with van der Waals surface area (Å²) in [4.78, 5) is 4.34. The highest BCUT2D eigenvalue weighted by Crippen LogP contribution is 2.29. The monoisotopic (exact) mass is 363 g/mol. The zero-order valence-electron chi connectivity index (χ0n) is 12.1. The van der Waals surface area contributed by atoms with Gasteiger partial charge in [-0.05, 0) is 44.4 Å². The Bertz CT molecular complexity index is 632. The number of hydrogen-bond donors (Lipinski definition) is 2. The van der Waals surface area contributed by atoms with Crippen LogP contribution in [0.15, 0.2) is 18.5 Å². The summed E-state index contributed by atoms with van der Waals surface area (Å²) in [5.41, 5.74) is 1.75. The van der Waals surface area contributed by atoms with Crippen LogP contribution in [0.2, 0.25) is 10.0 Å². The molecule has 1 aliphatic heterocycles. The third kappa shape index (κ3) is 3.69. The number of benzene rings is 1. The van der Waals surface area contributed by atoms with Gasteiger partial charge in [0.2, 0.25) is 0 Å². The van der Waals surface area contributed by atoms with Crippen LogP contribution in [-0.2, 0) is 6.54 Å². The van der Waals surface area contributed by atoms with E-state index in [0.717, 1.165) is 49.8 Å². The van der Waals surface area contributed by atoms with Crippen LogP contribution in [0.25, 0.3) is 11.0 Å². The van der Waals surface area contributed by atoms with Crippen LogP contribution in [0, 0.1) is 0 Å². The summed E-state index contributed by atoms with van der Waals surface area (Å²) in [5, 5.41) is 14.4. The Morgan fingerprint density at radius 3 is 2.95 bits per heavy atom. The normalized spacial score (nSPS) is 21.8. The van der Waals surface area contributed by atoms with Gasteiger partial charge in [-0.25, -0.2) is 4.98 Å². The molecule has 1 fully saturated rings. The molecule has 0 unspecified atom stereocenters. The van der Waals surface area contributed by atoms with Gasteiger partial charge in [0.25, 0.3) is 0 Å². The van der Waals surface area contributed by atoms with Crippen LogP contribution in [0.5, 0.6) is 0 Å². The summed E-state index contributed by atoms with van der Waals surface area (Å²) >= 11 is 12.2. The van der Waals surface area contributed by atoms with Crippen molar-refractivity contribution in [1.29, 1.82) is 0 Å². The third-order valence-electron chi connectivity index (χ3n) is 4.15. The molecule has 122 valence electrons. The molecule has 0 radical (unpaired) electrons. The van der Waals surface area contributed by atoms with Gasteiger partial charge in [0.15, 0.2) is 0 Å². The maximum Gasteiger partial charge on any atom is 0.109 e. The minimum atomic E-state index is -0.216. The van der Waals surface area contributed by atoms with E-state index in [1.807, 2.05) is 6.07 Å². The number of aryl methyl sites for hydroxylation is 1. The number of nitrogens with zero attached hydrogens (tertiary/aromatic N) is 2. The van der Waals surface area contributed by atoms with Gasteiger partial charge in [-0.3, -0.25) is 0 Å². The van der Waals surface area contributed by atoms with E-state index in [2.05, 4.69) is 14.9 Å². The Morgan fingerprint density at radius 2 is 2.18 bits per heavy atom. The SMILES string of the molecule is Cl.O[C@H]1CCCN[C@@H]1CCCn1cnc2c(Cl)c(Cl)ccc21. The van der Waals surface area contributed by atoms with Crippen molar-refractivity contribution >= 4 is 46.6 Å². The number of imidazole rings is 1. The number of halogens is 3. The maximum atomic E-state index is 9.95. The molecule has 1 aromatic carbocycles. The van der Waals surface area contributed by atoms with Crippen molar-refractivity contribution in [3.05, 3.63) is 28.5 Å². The van der Waals surface area contributed by atoms with E-state index >= 15 is 0 Å². The average Bonchev–Trinajstić information content (AvgIpc) is 2.89. The molecule has 22 heavy (non-hydrogen) atoms. The predicted molar refractivity (Wildman–Crippen MR) is 93.3 cm³/mol. The van der Waals surface area contributed by atoms with Crippen molar-refractivity contribution in [3.8, 4) is 0 Å². The highest BCUT2D eigenvalue weighted by atomic mass is 35.5. The van der Waals surface area contributed by atoms with E-state index < -0.39 is 0 Å². The van der Waals surface area contributed by atoms with E-state index in [4.69, 9.17) is 23.2 Å². The van der Waals surface area contributed by atoms with Gasteiger partial charge in [-0.15, -0.1) is 12.4 Å². The first-order chi connectivity index (χ1) is 10.2. The zero-order valence-corrected chi connectivity index (χ0v) is 14.5. The van der Waals surface area contributed by atoms with Gasteiger partial charge in [0.1, 0.15) is 5.52 Å². The summed E-state index contributed by atoms with van der Waals surface area (Å²) < 4.78 is 2.09. The molecule has 1 aromatic heterocycles. The third-order valence-corrected chi connectivity index (χ3v) is 4.94. The number of hydrogen-bond acceptors (Lipinski definition) is 3. The number of aliphatic hydroxyl groups is 1. The van der Waals surface area contributed by atoms with Crippen LogP contribution >= 0.6 is 35.6 Å². The van der Waals surface area contributed by atoms with Crippen LogP contribution in [0.4, 0.5) is 0 Å². The number of nitrogens with one attached hydrogen (secondary N) is 1. The summed E-state index contributed by atoms with van der Waals surface area (Å²) in [6.45, 7) is 1.86. The van der Waals surface area contributed by atoms with Crippen LogP contribution in [0.3, 0.4) is 0 Å². The molecule has 1 aliphatic rings. The second-order valence-electron chi connectivity index (χ2n) is 5.58. The average molecular weight is 365 g/mol. The molecule has 2 N–H and O–H groups in total. The Kier molecular flexibility index (Phi) is 6.36. The van der Waals surface area contributed by atoms with Gasteiger partial charge in [-0.1, -0.05) is 23.2 Å². The van der Waals surface area contributed by atoms with Crippen molar-refractivity contribution in [1.82, 2.24) is 14.9 Å². The predicted octanol–water partition coefficient (Wildman–Crippen LogP) is 3.66. The van der Waals surface area contributed by atoms with E-state index in [9.17, 15) is 5.11 Å². The molecule has 0 amide bonds. The second kappa shape index (κ2) is 7.84. The van der Waals surface area contributed by atoms with E-state index in [0.29, 0.717) is 10.0 Å². The van der Waals surface area contributed by atoms with Gasteiger partial charge < -0.3 is 15.0 Å². The van der Waals surface area contributed by atoms with Crippen LogP contribution < -0.4 is 5.32 Å². The minimum absolute atomic E-state index is 0. The van der Waals surface area contributed by atoms with Gasteiger partial charge in [0.05, 0.1) is 28.0 Å². The lowest BCUT2D eigenvalue weighted by Crippen LogP contribution is -2.44. The minimum Gasteiger partial charge on any atom is -0.392 e. The Hall–Kier alpha value is -0.520. The molecule has 7 heteroatoms. The Balaban J connectivity index is 0.00000176. The van der Waals surface area contributed by atoms with Crippen molar-refractivity contribution in [3.63, 3.8) is 0 Å². The molecule has 2 atom stereocenters. The van der Waals surface area contributed by atoms with Gasteiger partial charge in [0, 0.05) is 12.6 Å². The van der Waals surface area contributed by atoms with Crippen molar-refractivity contribution < 1.29 is 5.11 Å². The molecule has 1 saturated heterocycles. The number of aromatic nitrogens is 2. The molecule has 2 heterocycles. The van der Waals surface area contributed by atoms with Crippen LogP contribution in [-0.4, -0.2) is 33.3 Å². The zero-order chi connectivity index (χ0) is 14.8. The fourth-order valence-electron chi connectivity index (χ4n) is 2.96. The molecular formula is C15H20Cl3N3O. The number of aliphatic hydroxyl groups excluding tert-OH is 1. The van der Waals surface area contributed by atoms with E-state index in [1.165, 1.54) is 0 Å². The number of piperidine rings is 1. The van der Waals surface area contributed by atoms with Crippen LogP contribution in [0.1, 0.15) is 25.7 Å². The smallest absolute Gasteiger partial charge is 0.109 e. The molecule has 0 aliphatic carbocycles. The first-order valence-electron chi connectivity index (χ1n) is 7.37. The molecule has 0 bridgehead atoms. The summed E-state index contributed by atoms with van der Waals surface area (Å²) in [7, 11) is 0. The lowest BCUT2D eigenvalue weighted by Gasteiger charge is -2.29. The summed E-state index contributed by atoms with van der Waals surface area (Å²) in [6.07, 6.45) is 5.50. The van der Waals surface area contributed by atoms with Gasteiger partial charge in [-0.2, -0.15) is 0 Å². The molecular weight excluding hydrogens is 345 g/mol. The quantitative estimate of drug-likeness (QED) is 0.870. The fourth-order valence-corrected chi connectivity index (χ4v) is 3.33. The van der Waals surface area contributed by atoms with Crippen molar-refractivity contribution in [2.45, 2.75) is 44.4 Å². The fraction of sp³-hybridized carbons (Fsp3) is 0.533. The van der Waals surface area contributed by atoms with E-state index in [-0.39, 0.29) is 24.6 Å². The highest BCUT2D eigenvalue weighted by Gasteiger charge is 2.21. The van der Waals surface area contributed by atoms with Crippen molar-refractivity contribution in [2.75, 3.05) is 6.54 Å². The molecule has 0 saturated carbocycles. The second-order valence-corrected chi connectivity index (χ2v) is 6.36. The molecule has 2 aromatic rings. The first-order valence-corrected chi connectivity index (χ1v) is 8.12. The Morgan fingerprint density at radius 1 is 1.36 bits per heavy atom. The highest BCUT2D eigenvalue weighted by molar-refractivity contribution is 6.44. The summed E-state index contributed by atoms with van der Waals surface area (Å²) in [6, 6.07) is 3.97. The number of fused-ring (bicyclic) bond motifs is 1. The van der Waals surface area contributed by atoms with E-state index in [1.54, 1.807) is 12.4 Å². The topological polar surface area (TPSA) is 50.1 Å². The van der Waals surface area contributed by atoms with Gasteiger partial charge >= 0.3 is 0 Å². The standard InChI is InChI=1S/C15H19Cl2N3O.ClH/c16-10-5-6-12-15(14(10)17)19-9-20(12)8-2-3-11-13(21)4-1-7-18-11;/h5-6,9,11,13,18,21H,1-4,7-8H2;1H/t11-,13+;/m1./s1. The maximum absolute atomic E-state index is 9.95.